The summed E-state index contributed by atoms with van der Waals surface area (Å²) in [6, 6.07) is 31.6. The van der Waals surface area contributed by atoms with Crippen LogP contribution in [-0.2, 0) is 33.0 Å². The van der Waals surface area contributed by atoms with E-state index in [4.69, 9.17) is 4.74 Å². The van der Waals surface area contributed by atoms with Gasteiger partial charge in [-0.1, -0.05) is 85.8 Å². The zero-order valence-corrected chi connectivity index (χ0v) is 29.9. The van der Waals surface area contributed by atoms with E-state index in [1.54, 1.807) is 41.2 Å². The highest BCUT2D eigenvalue weighted by molar-refractivity contribution is 6.72. The van der Waals surface area contributed by atoms with Crippen molar-refractivity contribution in [3.05, 3.63) is 136 Å². The van der Waals surface area contributed by atoms with Gasteiger partial charge in [0.2, 0.25) is 14.3 Å². The zero-order chi connectivity index (χ0) is 35.9. The van der Waals surface area contributed by atoms with E-state index in [-0.39, 0.29) is 43.5 Å². The Bertz CT molecular complexity index is 2150. The van der Waals surface area contributed by atoms with Crippen LogP contribution in [0.4, 0.5) is 9.80 Å². The molecule has 0 unspecified atom stereocenters. The van der Waals surface area contributed by atoms with E-state index >= 15 is 4.11 Å². The number of fused-ring (bicyclic) bond motifs is 3. The van der Waals surface area contributed by atoms with Crippen molar-refractivity contribution in [1.82, 2.24) is 14.7 Å². The van der Waals surface area contributed by atoms with E-state index in [1.807, 2.05) is 97.9 Å². The molecule has 4 aromatic carbocycles. The first-order valence-corrected chi connectivity index (χ1v) is 20.3. The lowest BCUT2D eigenvalue weighted by Gasteiger charge is -2.31. The molecule has 2 amide bonds. The number of nitrogens with zero attached hydrogens (tertiary/aromatic N) is 4. The van der Waals surface area contributed by atoms with Gasteiger partial charge >= 0.3 is 0 Å². The van der Waals surface area contributed by atoms with Crippen molar-refractivity contribution >= 4 is 36.7 Å². The van der Waals surface area contributed by atoms with Crippen LogP contribution in [0.2, 0.25) is 18.6 Å². The van der Waals surface area contributed by atoms with Gasteiger partial charge in [0.1, 0.15) is 0 Å². The van der Waals surface area contributed by atoms with Crippen molar-refractivity contribution < 1.29 is 23.5 Å². The van der Waals surface area contributed by atoms with Gasteiger partial charge in [0, 0.05) is 35.5 Å². The molecular formula is C40H41FN4O5Si. The lowest BCUT2D eigenvalue weighted by atomic mass is 9.82. The molecule has 11 heteroatoms. The van der Waals surface area contributed by atoms with Gasteiger partial charge in [-0.3, -0.25) is 14.4 Å². The number of para-hydroxylation sites is 1. The molecule has 1 saturated heterocycles. The zero-order valence-electron chi connectivity index (χ0n) is 28.9. The van der Waals surface area contributed by atoms with Crippen LogP contribution in [0.3, 0.4) is 0 Å². The summed E-state index contributed by atoms with van der Waals surface area (Å²) in [5, 5.41) is 15.5. The van der Waals surface area contributed by atoms with Crippen molar-refractivity contribution in [2.75, 3.05) is 18.1 Å². The minimum atomic E-state index is -3.51. The summed E-state index contributed by atoms with van der Waals surface area (Å²) in [7, 11) is -3.51. The van der Waals surface area contributed by atoms with Crippen LogP contribution in [0, 0.1) is 5.92 Å². The van der Waals surface area contributed by atoms with Crippen molar-refractivity contribution in [3.63, 3.8) is 0 Å². The summed E-state index contributed by atoms with van der Waals surface area (Å²) in [5.74, 6) is -1.14. The molecule has 1 N–H and O–H groups in total. The summed E-state index contributed by atoms with van der Waals surface area (Å²) in [5.41, 5.74) is 1.18. The highest BCUT2D eigenvalue weighted by Gasteiger charge is 2.67. The van der Waals surface area contributed by atoms with Gasteiger partial charge in [-0.25, -0.2) is 0 Å². The number of hydrogen-bond acceptors (Lipinski definition) is 6. The first kappa shape index (κ1) is 34.5. The standard InChI is InChI=1S/C40H41FN4O5Si/c1-27-37(51(2,3)41)35(23-36(47)43(20-21-46)25-28-12-5-4-6-13-28)50-40(27)33-18-9-10-19-34(33)44(39(40)49)26-29-14-11-16-31(22-29)45-38(48)32-17-8-7-15-30(32)24-42-45/h4-19,22,24,27,35,37,46H,20-21,23,25-26H2,1-3H3/t27-,35+,37-,40+/m1/s1. The molecule has 9 nitrogen and oxygen atoms in total. The Balaban J connectivity index is 1.20. The van der Waals surface area contributed by atoms with E-state index in [0.29, 0.717) is 28.9 Å². The molecule has 51 heavy (non-hydrogen) atoms. The molecule has 0 bridgehead atoms. The number of amides is 2. The molecule has 262 valence electrons. The third-order valence-corrected chi connectivity index (χ3v) is 12.8. The molecule has 3 heterocycles. The van der Waals surface area contributed by atoms with Crippen LogP contribution >= 0.6 is 0 Å². The maximum Gasteiger partial charge on any atom is 0.279 e. The predicted molar refractivity (Wildman–Crippen MR) is 197 cm³/mol. The number of carbonyl (C=O) groups is 2. The Hall–Kier alpha value is -4.97. The van der Waals surface area contributed by atoms with Gasteiger partial charge < -0.3 is 23.8 Å². The number of ether oxygens (including phenoxy) is 1. The van der Waals surface area contributed by atoms with Crippen LogP contribution in [0.15, 0.2) is 114 Å². The molecule has 0 radical (unpaired) electrons. The maximum absolute atomic E-state index is 16.4. The Morgan fingerprint density at radius 2 is 1.67 bits per heavy atom. The quantitative estimate of drug-likeness (QED) is 0.139. The fourth-order valence-corrected chi connectivity index (χ4v) is 10.6. The SMILES string of the molecule is C[C@@H]1[C@@H]([Si](C)(C)F)[C@H](CC(=O)N(CCO)Cc2ccccc2)O[C@@]12C(=O)N(Cc1cccc(-n3ncc4ccccc4c3=O)c1)c1ccccc12. The van der Waals surface area contributed by atoms with Gasteiger partial charge in [0.05, 0.1) is 48.6 Å². The Morgan fingerprint density at radius 1 is 0.961 bits per heavy atom. The third-order valence-electron chi connectivity index (χ3n) is 10.4. The van der Waals surface area contributed by atoms with E-state index in [9.17, 15) is 19.5 Å². The average Bonchev–Trinajstić information content (AvgIpc) is 3.55. The summed E-state index contributed by atoms with van der Waals surface area (Å²) in [4.78, 5) is 45.3. The fraction of sp³-hybridized carbons (Fsp3) is 0.300. The smallest absolute Gasteiger partial charge is 0.279 e. The molecule has 5 aromatic rings. The Kier molecular flexibility index (Phi) is 9.21. The van der Waals surface area contributed by atoms with Crippen LogP contribution in [-0.4, -0.2) is 59.3 Å². The molecule has 2 aliphatic rings. The second kappa shape index (κ2) is 13.6. The van der Waals surface area contributed by atoms with Crippen LogP contribution < -0.4 is 10.5 Å². The lowest BCUT2D eigenvalue weighted by molar-refractivity contribution is -0.150. The summed E-state index contributed by atoms with van der Waals surface area (Å²) >= 11 is 0. The highest BCUT2D eigenvalue weighted by atomic mass is 28.4. The average molecular weight is 705 g/mol. The molecule has 4 atom stereocenters. The van der Waals surface area contributed by atoms with Crippen LogP contribution in [0.25, 0.3) is 16.5 Å². The number of benzene rings is 4. The van der Waals surface area contributed by atoms with Crippen LogP contribution in [0.1, 0.15) is 30.0 Å². The minimum Gasteiger partial charge on any atom is -0.395 e. The topological polar surface area (TPSA) is 105 Å². The first-order chi connectivity index (χ1) is 24.5. The third kappa shape index (κ3) is 6.19. The van der Waals surface area contributed by atoms with Gasteiger partial charge in [0.15, 0.2) is 5.60 Å². The van der Waals surface area contributed by atoms with E-state index < -0.39 is 31.6 Å². The molecule has 2 aliphatic heterocycles. The number of anilines is 1. The van der Waals surface area contributed by atoms with Crippen LogP contribution in [0.5, 0.6) is 0 Å². The van der Waals surface area contributed by atoms with Crippen molar-refractivity contribution in [3.8, 4) is 5.69 Å². The first-order valence-electron chi connectivity index (χ1n) is 17.3. The number of rotatable bonds is 10. The Labute approximate surface area is 297 Å². The van der Waals surface area contributed by atoms with E-state index in [1.165, 1.54) is 4.68 Å². The second-order valence-electron chi connectivity index (χ2n) is 14.0. The van der Waals surface area contributed by atoms with Crippen molar-refractivity contribution in [2.24, 2.45) is 5.92 Å². The monoisotopic (exact) mass is 704 g/mol. The highest BCUT2D eigenvalue weighted by Crippen LogP contribution is 2.60. The summed E-state index contributed by atoms with van der Waals surface area (Å²) in [6.45, 7) is 5.47. The second-order valence-corrected chi connectivity index (χ2v) is 17.8. The summed E-state index contributed by atoms with van der Waals surface area (Å²) in [6.07, 6.45) is 0.696. The minimum absolute atomic E-state index is 0.116. The number of carbonyl (C=O) groups excluding carboxylic acids is 2. The molecule has 0 aliphatic carbocycles. The fourth-order valence-electron chi connectivity index (χ4n) is 8.12. The largest absolute Gasteiger partial charge is 0.395 e. The lowest BCUT2D eigenvalue weighted by Crippen LogP contribution is -2.45. The molecule has 0 saturated carbocycles. The molecule has 1 fully saturated rings. The number of aromatic nitrogens is 2. The molecule has 7 rings (SSSR count). The normalized spacial score (nSPS) is 21.4. The van der Waals surface area contributed by atoms with Crippen molar-refractivity contribution in [2.45, 2.75) is 56.8 Å². The summed E-state index contributed by atoms with van der Waals surface area (Å²) < 4.78 is 24.6. The Morgan fingerprint density at radius 3 is 2.43 bits per heavy atom. The molecule has 1 spiro atoms. The predicted octanol–water partition coefficient (Wildman–Crippen LogP) is 6.12. The van der Waals surface area contributed by atoms with E-state index in [0.717, 1.165) is 16.5 Å². The van der Waals surface area contributed by atoms with Gasteiger partial charge in [-0.15, -0.1) is 0 Å². The van der Waals surface area contributed by atoms with Gasteiger partial charge in [-0.05, 0) is 48.5 Å². The van der Waals surface area contributed by atoms with Crippen molar-refractivity contribution in [1.29, 1.82) is 0 Å². The van der Waals surface area contributed by atoms with Gasteiger partial charge in [0.25, 0.3) is 11.5 Å². The van der Waals surface area contributed by atoms with E-state index in [2.05, 4.69) is 5.10 Å². The number of halogens is 1. The number of aliphatic hydroxyl groups is 1. The molecule has 1 aromatic heterocycles. The maximum atomic E-state index is 16.4. The number of aliphatic hydroxyl groups excluding tert-OH is 1. The number of hydrogen-bond donors (Lipinski definition) is 1. The molecular weight excluding hydrogens is 664 g/mol. The van der Waals surface area contributed by atoms with Gasteiger partial charge in [-0.2, -0.15) is 9.78 Å².